The van der Waals surface area contributed by atoms with Gasteiger partial charge in [-0.05, 0) is 43.8 Å². The average molecular weight is 314 g/mol. The Labute approximate surface area is 140 Å². The van der Waals surface area contributed by atoms with Crippen LogP contribution in [-0.2, 0) is 13.2 Å². The maximum Gasteiger partial charge on any atom is 0.0693 e. The second kappa shape index (κ2) is 6.08. The molecule has 0 saturated heterocycles. The van der Waals surface area contributed by atoms with Gasteiger partial charge >= 0.3 is 0 Å². The molecule has 0 spiro atoms. The summed E-state index contributed by atoms with van der Waals surface area (Å²) in [6.45, 7) is -0.0667. The summed E-state index contributed by atoms with van der Waals surface area (Å²) in [7, 11) is 0. The fourth-order valence-corrected chi connectivity index (χ4v) is 3.52. The Morgan fingerprint density at radius 3 is 1.33 bits per heavy atom. The average Bonchev–Trinajstić information content (AvgIpc) is 2.66. The highest BCUT2D eigenvalue weighted by Crippen LogP contribution is 2.35. The van der Waals surface area contributed by atoms with Gasteiger partial charge in [0.1, 0.15) is 0 Å². The highest BCUT2D eigenvalue weighted by Gasteiger charge is 2.14. The quantitative estimate of drug-likeness (QED) is 0.578. The molecule has 0 heterocycles. The van der Waals surface area contributed by atoms with Gasteiger partial charge in [0.05, 0.1) is 13.2 Å². The van der Waals surface area contributed by atoms with E-state index < -0.39 is 0 Å². The van der Waals surface area contributed by atoms with Crippen LogP contribution >= 0.6 is 0 Å². The maximum absolute atomic E-state index is 9.99. The van der Waals surface area contributed by atoms with E-state index >= 15 is 0 Å². The number of benzene rings is 4. The minimum atomic E-state index is -0.0334. The Bertz CT molecular complexity index is 949. The first-order valence-corrected chi connectivity index (χ1v) is 8.07. The van der Waals surface area contributed by atoms with Gasteiger partial charge in [-0.25, -0.2) is 0 Å². The molecular formula is C22H18O2. The van der Waals surface area contributed by atoms with Crippen LogP contribution < -0.4 is 0 Å². The summed E-state index contributed by atoms with van der Waals surface area (Å²) < 4.78 is 0. The Hall–Kier alpha value is -2.68. The molecule has 0 atom stereocenters. The van der Waals surface area contributed by atoms with Gasteiger partial charge in [-0.3, -0.25) is 0 Å². The van der Waals surface area contributed by atoms with Gasteiger partial charge in [0, 0.05) is 0 Å². The van der Waals surface area contributed by atoms with E-state index in [0.29, 0.717) is 0 Å². The van der Waals surface area contributed by atoms with Crippen LogP contribution in [-0.4, -0.2) is 10.2 Å². The molecule has 4 aromatic carbocycles. The van der Waals surface area contributed by atoms with Crippen LogP contribution in [0.15, 0.2) is 72.8 Å². The van der Waals surface area contributed by atoms with E-state index in [0.717, 1.165) is 43.8 Å². The zero-order chi connectivity index (χ0) is 16.5. The molecule has 0 saturated carbocycles. The lowest BCUT2D eigenvalue weighted by molar-refractivity contribution is 0.282. The van der Waals surface area contributed by atoms with Crippen LogP contribution in [0.3, 0.4) is 0 Å². The van der Waals surface area contributed by atoms with Gasteiger partial charge in [0.25, 0.3) is 0 Å². The Morgan fingerprint density at radius 2 is 0.917 bits per heavy atom. The van der Waals surface area contributed by atoms with E-state index in [1.54, 1.807) is 0 Å². The molecule has 0 aliphatic rings. The van der Waals surface area contributed by atoms with Crippen molar-refractivity contribution in [3.63, 3.8) is 0 Å². The first kappa shape index (κ1) is 14.9. The van der Waals surface area contributed by atoms with Crippen LogP contribution in [0.2, 0.25) is 0 Å². The molecule has 0 aromatic heterocycles. The van der Waals surface area contributed by atoms with Crippen LogP contribution in [0.4, 0.5) is 0 Å². The van der Waals surface area contributed by atoms with E-state index in [-0.39, 0.29) is 13.2 Å². The summed E-state index contributed by atoms with van der Waals surface area (Å²) in [6, 6.07) is 24.3. The zero-order valence-electron chi connectivity index (χ0n) is 13.2. The molecule has 0 fully saturated rings. The summed E-state index contributed by atoms with van der Waals surface area (Å²) in [5.41, 5.74) is 3.76. The number of hydrogen-bond donors (Lipinski definition) is 2. The Morgan fingerprint density at radius 1 is 0.500 bits per heavy atom. The summed E-state index contributed by atoms with van der Waals surface area (Å²) >= 11 is 0. The summed E-state index contributed by atoms with van der Waals surface area (Å²) in [4.78, 5) is 0. The van der Waals surface area contributed by atoms with Crippen molar-refractivity contribution >= 4 is 21.5 Å². The van der Waals surface area contributed by atoms with Gasteiger partial charge in [0.2, 0.25) is 0 Å². The van der Waals surface area contributed by atoms with E-state index in [2.05, 4.69) is 12.1 Å². The fourth-order valence-electron chi connectivity index (χ4n) is 3.52. The summed E-state index contributed by atoms with van der Waals surface area (Å²) in [5.74, 6) is 0. The third kappa shape index (κ3) is 2.28. The molecule has 4 aromatic rings. The van der Waals surface area contributed by atoms with Crippen molar-refractivity contribution in [2.45, 2.75) is 13.2 Å². The van der Waals surface area contributed by atoms with Crippen molar-refractivity contribution in [3.05, 3.63) is 83.9 Å². The Balaban J connectivity index is 2.06. The lowest BCUT2D eigenvalue weighted by Gasteiger charge is -2.16. The van der Waals surface area contributed by atoms with E-state index in [4.69, 9.17) is 0 Å². The molecule has 0 unspecified atom stereocenters. The molecule has 24 heavy (non-hydrogen) atoms. The van der Waals surface area contributed by atoms with Crippen LogP contribution in [0.25, 0.3) is 32.7 Å². The second-order valence-electron chi connectivity index (χ2n) is 5.94. The minimum Gasteiger partial charge on any atom is -0.392 e. The van der Waals surface area contributed by atoms with Crippen molar-refractivity contribution in [3.8, 4) is 11.1 Å². The monoisotopic (exact) mass is 314 g/mol. The van der Waals surface area contributed by atoms with E-state index in [1.807, 2.05) is 60.7 Å². The largest absolute Gasteiger partial charge is 0.392 e. The minimum absolute atomic E-state index is 0.0334. The molecule has 0 amide bonds. The van der Waals surface area contributed by atoms with Crippen molar-refractivity contribution in [1.82, 2.24) is 0 Å². The highest BCUT2D eigenvalue weighted by atomic mass is 16.3. The SMILES string of the molecule is OCc1c(-c2ccc3ccccc3c2CO)ccc2ccccc12. The van der Waals surface area contributed by atoms with Crippen molar-refractivity contribution < 1.29 is 10.2 Å². The molecule has 118 valence electrons. The topological polar surface area (TPSA) is 40.5 Å². The standard InChI is InChI=1S/C22H18O2/c23-13-21-17-7-3-1-5-15(17)9-11-19(21)20-12-10-16-6-2-4-8-18(16)22(20)14-24/h1-12,23-24H,13-14H2. The van der Waals surface area contributed by atoms with Gasteiger partial charge in [0.15, 0.2) is 0 Å². The lowest BCUT2D eigenvalue weighted by atomic mass is 9.89. The smallest absolute Gasteiger partial charge is 0.0693 e. The first-order chi connectivity index (χ1) is 11.8. The number of aliphatic hydroxyl groups excluding tert-OH is 2. The molecule has 0 aliphatic heterocycles. The fraction of sp³-hybridized carbons (Fsp3) is 0.0909. The molecule has 0 aliphatic carbocycles. The van der Waals surface area contributed by atoms with Gasteiger partial charge < -0.3 is 10.2 Å². The molecule has 4 rings (SSSR count). The summed E-state index contributed by atoms with van der Waals surface area (Å²) in [6.07, 6.45) is 0. The van der Waals surface area contributed by atoms with Crippen LogP contribution in [0.1, 0.15) is 11.1 Å². The van der Waals surface area contributed by atoms with E-state index in [1.165, 1.54) is 0 Å². The van der Waals surface area contributed by atoms with Crippen LogP contribution in [0.5, 0.6) is 0 Å². The lowest BCUT2D eigenvalue weighted by Crippen LogP contribution is -1.97. The molecule has 2 heteroatoms. The predicted octanol–water partition coefficient (Wildman–Crippen LogP) is 4.64. The number of rotatable bonds is 3. The molecule has 2 nitrogen and oxygen atoms in total. The number of aliphatic hydroxyl groups is 2. The number of fused-ring (bicyclic) bond motifs is 2. The van der Waals surface area contributed by atoms with Crippen LogP contribution in [0, 0.1) is 0 Å². The summed E-state index contributed by atoms with van der Waals surface area (Å²) in [5, 5.41) is 24.3. The number of hydrogen-bond acceptors (Lipinski definition) is 2. The molecule has 2 N–H and O–H groups in total. The van der Waals surface area contributed by atoms with Gasteiger partial charge in [-0.1, -0.05) is 72.8 Å². The zero-order valence-corrected chi connectivity index (χ0v) is 13.2. The predicted molar refractivity (Wildman–Crippen MR) is 98.7 cm³/mol. The first-order valence-electron chi connectivity index (χ1n) is 8.07. The highest BCUT2D eigenvalue weighted by molar-refractivity contribution is 5.96. The third-order valence-corrected chi connectivity index (χ3v) is 4.69. The van der Waals surface area contributed by atoms with Crippen molar-refractivity contribution in [2.75, 3.05) is 0 Å². The normalized spacial score (nSPS) is 11.2. The van der Waals surface area contributed by atoms with Crippen molar-refractivity contribution in [2.24, 2.45) is 0 Å². The molecule has 0 bridgehead atoms. The third-order valence-electron chi connectivity index (χ3n) is 4.69. The van der Waals surface area contributed by atoms with Gasteiger partial charge in [-0.15, -0.1) is 0 Å². The molecule has 0 radical (unpaired) electrons. The molecular weight excluding hydrogens is 296 g/mol. The van der Waals surface area contributed by atoms with Crippen molar-refractivity contribution in [1.29, 1.82) is 0 Å². The van der Waals surface area contributed by atoms with Gasteiger partial charge in [-0.2, -0.15) is 0 Å². The Kier molecular flexibility index (Phi) is 3.77. The second-order valence-corrected chi connectivity index (χ2v) is 5.94. The maximum atomic E-state index is 9.99. The van der Waals surface area contributed by atoms with E-state index in [9.17, 15) is 10.2 Å².